The largest absolute Gasteiger partial charge is 0.486 e. The minimum absolute atomic E-state index is 0. The molecular weight excluding hydrogens is 396 g/mol. The van der Waals surface area contributed by atoms with Gasteiger partial charge in [-0.2, -0.15) is 0 Å². The molecule has 0 saturated carbocycles. The first-order valence-corrected chi connectivity index (χ1v) is 8.96. The standard InChI is InChI=1S/C17H23BrN2O3.ClH/c1-10-7-12(3-4-19-10)17(21)20-11(2)13-8-15-16(9-14(13)18)23-6-5-22-15;/h8-12,19H,3-7H2,1-2H3,(H,20,21);1H/t10-,11?,12-;/m0./s1. The number of ether oxygens (including phenoxy) is 2. The Morgan fingerprint density at radius 1 is 1.33 bits per heavy atom. The summed E-state index contributed by atoms with van der Waals surface area (Å²) in [5.41, 5.74) is 1.00. The van der Waals surface area contributed by atoms with Gasteiger partial charge in [-0.05, 0) is 50.9 Å². The Bertz CT molecular complexity index is 599. The molecule has 1 aromatic rings. The third kappa shape index (κ3) is 4.35. The second-order valence-electron chi connectivity index (χ2n) is 6.32. The second-order valence-corrected chi connectivity index (χ2v) is 7.18. The third-order valence-corrected chi connectivity index (χ3v) is 5.17. The molecule has 3 rings (SSSR count). The zero-order valence-electron chi connectivity index (χ0n) is 13.9. The molecule has 0 radical (unpaired) electrons. The molecule has 1 amide bonds. The molecule has 0 aromatic heterocycles. The number of rotatable bonds is 3. The summed E-state index contributed by atoms with van der Waals surface area (Å²) in [7, 11) is 0. The molecule has 2 aliphatic rings. The van der Waals surface area contributed by atoms with E-state index in [4.69, 9.17) is 9.47 Å². The van der Waals surface area contributed by atoms with Crippen LogP contribution in [0.2, 0.25) is 0 Å². The van der Waals surface area contributed by atoms with Crippen molar-refractivity contribution in [2.24, 2.45) is 5.92 Å². The number of hydrogen-bond donors (Lipinski definition) is 2. The fourth-order valence-corrected chi connectivity index (χ4v) is 3.86. The molecular formula is C17H24BrClN2O3. The van der Waals surface area contributed by atoms with E-state index in [1.165, 1.54) is 0 Å². The van der Waals surface area contributed by atoms with E-state index in [2.05, 4.69) is 33.5 Å². The number of nitrogens with one attached hydrogen (secondary N) is 2. The van der Waals surface area contributed by atoms with E-state index in [9.17, 15) is 4.79 Å². The van der Waals surface area contributed by atoms with Crippen LogP contribution in [0, 0.1) is 5.92 Å². The molecule has 3 atom stereocenters. The molecule has 1 saturated heterocycles. The first-order valence-electron chi connectivity index (χ1n) is 8.17. The Labute approximate surface area is 157 Å². The summed E-state index contributed by atoms with van der Waals surface area (Å²) >= 11 is 3.57. The van der Waals surface area contributed by atoms with Crippen LogP contribution in [0.1, 0.15) is 38.3 Å². The van der Waals surface area contributed by atoms with Crippen molar-refractivity contribution < 1.29 is 14.3 Å². The van der Waals surface area contributed by atoms with Gasteiger partial charge in [0.25, 0.3) is 0 Å². The van der Waals surface area contributed by atoms with Crippen LogP contribution in [-0.2, 0) is 4.79 Å². The number of fused-ring (bicyclic) bond motifs is 1. The van der Waals surface area contributed by atoms with Crippen molar-refractivity contribution in [3.63, 3.8) is 0 Å². The van der Waals surface area contributed by atoms with Gasteiger partial charge in [0.1, 0.15) is 13.2 Å². The molecule has 7 heteroatoms. The lowest BCUT2D eigenvalue weighted by molar-refractivity contribution is -0.126. The van der Waals surface area contributed by atoms with E-state index < -0.39 is 0 Å². The smallest absolute Gasteiger partial charge is 0.223 e. The number of carbonyl (C=O) groups is 1. The topological polar surface area (TPSA) is 59.6 Å². The molecule has 2 heterocycles. The number of hydrogen-bond acceptors (Lipinski definition) is 4. The minimum atomic E-state index is -0.0853. The summed E-state index contributed by atoms with van der Waals surface area (Å²) in [4.78, 5) is 12.5. The lowest BCUT2D eigenvalue weighted by atomic mass is 9.92. The maximum atomic E-state index is 12.5. The summed E-state index contributed by atoms with van der Waals surface area (Å²) in [5, 5.41) is 6.52. The molecule has 1 unspecified atom stereocenters. The summed E-state index contributed by atoms with van der Waals surface area (Å²) in [6.07, 6.45) is 1.78. The number of piperidine rings is 1. The molecule has 5 nitrogen and oxygen atoms in total. The van der Waals surface area contributed by atoms with Crippen LogP contribution in [-0.4, -0.2) is 31.7 Å². The molecule has 2 aliphatic heterocycles. The van der Waals surface area contributed by atoms with Crippen LogP contribution in [0.5, 0.6) is 11.5 Å². The van der Waals surface area contributed by atoms with Gasteiger partial charge in [0.15, 0.2) is 11.5 Å². The first kappa shape index (κ1) is 19.3. The maximum absolute atomic E-state index is 12.5. The highest BCUT2D eigenvalue weighted by atomic mass is 79.9. The molecule has 2 N–H and O–H groups in total. The van der Waals surface area contributed by atoms with Crippen LogP contribution >= 0.6 is 28.3 Å². The molecule has 134 valence electrons. The van der Waals surface area contributed by atoms with E-state index in [-0.39, 0.29) is 30.3 Å². The molecule has 1 fully saturated rings. The molecule has 24 heavy (non-hydrogen) atoms. The minimum Gasteiger partial charge on any atom is -0.486 e. The normalized spacial score (nSPS) is 23.8. The fraction of sp³-hybridized carbons (Fsp3) is 0.588. The third-order valence-electron chi connectivity index (χ3n) is 4.48. The predicted molar refractivity (Wildman–Crippen MR) is 99.1 cm³/mol. The maximum Gasteiger partial charge on any atom is 0.223 e. The van der Waals surface area contributed by atoms with Crippen LogP contribution in [0.15, 0.2) is 16.6 Å². The van der Waals surface area contributed by atoms with Crippen LogP contribution in [0.4, 0.5) is 0 Å². The van der Waals surface area contributed by atoms with Gasteiger partial charge in [0, 0.05) is 16.4 Å². The van der Waals surface area contributed by atoms with E-state index >= 15 is 0 Å². The Hall–Kier alpha value is -0.980. The molecule has 0 aliphatic carbocycles. The van der Waals surface area contributed by atoms with Crippen molar-refractivity contribution in [1.82, 2.24) is 10.6 Å². The fourth-order valence-electron chi connectivity index (χ4n) is 3.19. The van der Waals surface area contributed by atoms with Gasteiger partial charge >= 0.3 is 0 Å². The van der Waals surface area contributed by atoms with Gasteiger partial charge in [-0.3, -0.25) is 4.79 Å². The summed E-state index contributed by atoms with van der Waals surface area (Å²) in [6, 6.07) is 4.18. The van der Waals surface area contributed by atoms with Crippen molar-refractivity contribution in [2.75, 3.05) is 19.8 Å². The predicted octanol–water partition coefficient (Wildman–Crippen LogP) is 3.21. The van der Waals surface area contributed by atoms with Crippen LogP contribution < -0.4 is 20.1 Å². The van der Waals surface area contributed by atoms with Gasteiger partial charge in [0.05, 0.1) is 6.04 Å². The molecule has 1 aromatic carbocycles. The van der Waals surface area contributed by atoms with Gasteiger partial charge in [-0.15, -0.1) is 12.4 Å². The first-order chi connectivity index (χ1) is 11.0. The van der Waals surface area contributed by atoms with E-state index in [0.29, 0.717) is 19.3 Å². The number of amides is 1. The second kappa shape index (κ2) is 8.41. The highest BCUT2D eigenvalue weighted by molar-refractivity contribution is 9.10. The highest BCUT2D eigenvalue weighted by Gasteiger charge is 2.26. The van der Waals surface area contributed by atoms with Gasteiger partial charge in [-0.1, -0.05) is 15.9 Å². The summed E-state index contributed by atoms with van der Waals surface area (Å²) in [6.45, 7) is 6.15. The van der Waals surface area contributed by atoms with Crippen molar-refractivity contribution in [1.29, 1.82) is 0 Å². The van der Waals surface area contributed by atoms with E-state index in [1.54, 1.807) is 0 Å². The van der Waals surface area contributed by atoms with E-state index in [0.717, 1.165) is 40.9 Å². The monoisotopic (exact) mass is 418 g/mol. The zero-order chi connectivity index (χ0) is 16.4. The van der Waals surface area contributed by atoms with Gasteiger partial charge in [0.2, 0.25) is 5.91 Å². The number of benzene rings is 1. The lowest BCUT2D eigenvalue weighted by Gasteiger charge is -2.29. The van der Waals surface area contributed by atoms with E-state index in [1.807, 2.05) is 19.1 Å². The average molecular weight is 420 g/mol. The van der Waals surface area contributed by atoms with Crippen LogP contribution in [0.25, 0.3) is 0 Å². The SMILES string of the molecule is CC(NC(=O)[C@H]1CCN[C@@H](C)C1)c1cc2c(cc1Br)OCCO2.Cl. The molecule has 0 bridgehead atoms. The number of halogens is 2. The summed E-state index contributed by atoms with van der Waals surface area (Å²) in [5.74, 6) is 1.71. The van der Waals surface area contributed by atoms with Crippen molar-refractivity contribution in [2.45, 2.75) is 38.8 Å². The molecule has 0 spiro atoms. The van der Waals surface area contributed by atoms with Crippen molar-refractivity contribution in [3.05, 3.63) is 22.2 Å². The van der Waals surface area contributed by atoms with Gasteiger partial charge < -0.3 is 20.1 Å². The van der Waals surface area contributed by atoms with Crippen molar-refractivity contribution in [3.8, 4) is 11.5 Å². The highest BCUT2D eigenvalue weighted by Crippen LogP contribution is 2.37. The van der Waals surface area contributed by atoms with Crippen molar-refractivity contribution >= 4 is 34.2 Å². The van der Waals surface area contributed by atoms with Gasteiger partial charge in [-0.25, -0.2) is 0 Å². The average Bonchev–Trinajstić information content (AvgIpc) is 2.54. The Balaban J connectivity index is 0.00000208. The number of carbonyl (C=O) groups excluding carboxylic acids is 1. The Morgan fingerprint density at radius 2 is 2.00 bits per heavy atom. The van der Waals surface area contributed by atoms with Crippen LogP contribution in [0.3, 0.4) is 0 Å². The Kier molecular flexibility index (Phi) is 6.78. The zero-order valence-corrected chi connectivity index (χ0v) is 16.3. The quantitative estimate of drug-likeness (QED) is 0.790. The summed E-state index contributed by atoms with van der Waals surface area (Å²) < 4.78 is 12.1. The lowest BCUT2D eigenvalue weighted by Crippen LogP contribution is -2.43. The Morgan fingerprint density at radius 3 is 2.67 bits per heavy atom.